The van der Waals surface area contributed by atoms with Crippen LogP contribution in [0.25, 0.3) is 0 Å². The second-order valence-corrected chi connectivity index (χ2v) is 14.2. The van der Waals surface area contributed by atoms with Gasteiger partial charge in [-0.25, -0.2) is 4.79 Å². The van der Waals surface area contributed by atoms with Crippen LogP contribution in [-0.2, 0) is 20.4 Å². The van der Waals surface area contributed by atoms with Crippen LogP contribution in [0.15, 0.2) is 12.1 Å². The summed E-state index contributed by atoms with van der Waals surface area (Å²) in [6.45, 7) is 12.6. The van der Waals surface area contributed by atoms with Crippen molar-refractivity contribution in [1.82, 2.24) is 4.90 Å². The van der Waals surface area contributed by atoms with Crippen LogP contribution in [0.2, 0.25) is 23.2 Å². The highest BCUT2D eigenvalue weighted by molar-refractivity contribution is 6.74. The van der Waals surface area contributed by atoms with E-state index in [-0.39, 0.29) is 17.4 Å². The highest BCUT2D eigenvalue weighted by Gasteiger charge is 2.47. The maximum atomic E-state index is 13.0. The molecule has 1 aliphatic rings. The number of carbonyl (C=O) groups is 2. The number of halogens is 1. The molecule has 1 amide bonds. The Bertz CT molecular complexity index is 857. The van der Waals surface area contributed by atoms with E-state index in [1.165, 1.54) is 4.90 Å². The van der Waals surface area contributed by atoms with E-state index >= 15 is 0 Å². The van der Waals surface area contributed by atoms with E-state index in [4.69, 9.17) is 21.3 Å². The average molecular weight is 437 g/mol. The van der Waals surface area contributed by atoms with Gasteiger partial charge in [-0.2, -0.15) is 5.26 Å². The van der Waals surface area contributed by atoms with E-state index in [1.54, 1.807) is 19.1 Å². The van der Waals surface area contributed by atoms with Crippen LogP contribution in [0.1, 0.15) is 43.9 Å². The summed E-state index contributed by atoms with van der Waals surface area (Å²) in [5.74, 6) is -1.32. The quantitative estimate of drug-likeness (QED) is 0.700. The first kappa shape index (κ1) is 23.4. The minimum Gasteiger partial charge on any atom is -0.480 e. The predicted molar refractivity (Wildman–Crippen MR) is 114 cm³/mol. The first-order chi connectivity index (χ1) is 13.3. The Kier molecular flexibility index (Phi) is 6.83. The van der Waals surface area contributed by atoms with Gasteiger partial charge in [0.05, 0.1) is 23.1 Å². The minimum atomic E-state index is -2.17. The molecule has 1 aromatic carbocycles. The molecule has 2 unspecified atom stereocenters. The van der Waals surface area contributed by atoms with Crippen molar-refractivity contribution in [2.45, 2.75) is 70.8 Å². The van der Waals surface area contributed by atoms with Gasteiger partial charge in [0.25, 0.3) is 0 Å². The van der Waals surface area contributed by atoms with Gasteiger partial charge in [-0.1, -0.05) is 38.4 Å². The Morgan fingerprint density at radius 3 is 2.52 bits per heavy atom. The molecule has 1 fully saturated rings. The third-order valence-electron chi connectivity index (χ3n) is 6.13. The van der Waals surface area contributed by atoms with E-state index < -0.39 is 26.4 Å². The molecular formula is C21H29ClN2O4Si. The number of carbonyl (C=O) groups excluding carboxylic acids is 1. The molecule has 1 N–H and O–H groups in total. The molecule has 0 bridgehead atoms. The molecule has 6 nitrogen and oxygen atoms in total. The van der Waals surface area contributed by atoms with Crippen molar-refractivity contribution in [1.29, 1.82) is 5.26 Å². The minimum absolute atomic E-state index is 0.0356. The highest BCUT2D eigenvalue weighted by atomic mass is 35.5. The summed E-state index contributed by atoms with van der Waals surface area (Å²) in [6, 6.07) is 4.31. The molecule has 0 aliphatic carbocycles. The van der Waals surface area contributed by atoms with E-state index in [2.05, 4.69) is 33.9 Å². The van der Waals surface area contributed by atoms with Gasteiger partial charge in [-0.05, 0) is 48.7 Å². The van der Waals surface area contributed by atoms with Gasteiger partial charge in [-0.3, -0.25) is 4.79 Å². The maximum Gasteiger partial charge on any atom is 0.329 e. The number of nitrogens with zero attached hydrogens (tertiary/aromatic N) is 2. The molecule has 1 heterocycles. The van der Waals surface area contributed by atoms with Gasteiger partial charge >= 0.3 is 5.97 Å². The second kappa shape index (κ2) is 8.47. The van der Waals surface area contributed by atoms with Gasteiger partial charge in [0.1, 0.15) is 6.07 Å². The molecule has 8 heteroatoms. The fraction of sp³-hybridized carbons (Fsp3) is 0.571. The first-order valence-electron chi connectivity index (χ1n) is 9.68. The average Bonchev–Trinajstić information content (AvgIpc) is 3.01. The number of hydrogen-bond acceptors (Lipinski definition) is 4. The summed E-state index contributed by atoms with van der Waals surface area (Å²) < 4.78 is 6.35. The number of rotatable bonds is 5. The number of hydrogen-bond donors (Lipinski definition) is 1. The summed E-state index contributed by atoms with van der Waals surface area (Å²) in [4.78, 5) is 26.4. The lowest BCUT2D eigenvalue weighted by molar-refractivity contribution is -0.150. The number of benzene rings is 1. The van der Waals surface area contributed by atoms with Crippen LogP contribution in [0.5, 0.6) is 0 Å². The molecule has 0 radical (unpaired) electrons. The molecule has 1 aromatic rings. The number of aliphatic carboxylic acids is 1. The Hall–Kier alpha value is -1.88. The van der Waals surface area contributed by atoms with Gasteiger partial charge in [-0.15, -0.1) is 0 Å². The molecule has 0 aromatic heterocycles. The third kappa shape index (κ3) is 4.82. The van der Waals surface area contributed by atoms with Crippen molar-refractivity contribution < 1.29 is 19.1 Å². The number of nitriles is 1. The summed E-state index contributed by atoms with van der Waals surface area (Å²) in [5.41, 5.74) is 1.71. The van der Waals surface area contributed by atoms with Gasteiger partial charge in [0, 0.05) is 6.54 Å². The molecule has 1 aliphatic heterocycles. The lowest BCUT2D eigenvalue weighted by Crippen LogP contribution is -2.51. The maximum absolute atomic E-state index is 13.0. The van der Waals surface area contributed by atoms with E-state index in [1.807, 2.05) is 6.07 Å². The van der Waals surface area contributed by atoms with Crippen LogP contribution < -0.4 is 0 Å². The lowest BCUT2D eigenvalue weighted by atomic mass is 10.0. The van der Waals surface area contributed by atoms with Crippen molar-refractivity contribution >= 4 is 31.8 Å². The SMILES string of the molecule is Cc1c(CC(=O)N2CCC(O[Si](C)(C)C(C)(C)C)C2C(=O)O)ccc(C#N)c1Cl. The topological polar surface area (TPSA) is 90.6 Å². The Morgan fingerprint density at radius 2 is 2.00 bits per heavy atom. The Morgan fingerprint density at radius 1 is 1.38 bits per heavy atom. The van der Waals surface area contributed by atoms with Crippen LogP contribution in [-0.4, -0.2) is 48.9 Å². The van der Waals surface area contributed by atoms with E-state index in [0.717, 1.165) is 0 Å². The van der Waals surface area contributed by atoms with E-state index in [9.17, 15) is 14.7 Å². The molecule has 2 rings (SSSR count). The zero-order valence-corrected chi connectivity index (χ0v) is 19.6. The van der Waals surface area contributed by atoms with Gasteiger partial charge in [0.2, 0.25) is 5.91 Å². The normalized spacial score (nSPS) is 19.9. The smallest absolute Gasteiger partial charge is 0.329 e. The molecule has 1 saturated heterocycles. The molecule has 158 valence electrons. The van der Waals surface area contributed by atoms with Gasteiger partial charge < -0.3 is 14.4 Å². The van der Waals surface area contributed by atoms with Crippen molar-refractivity contribution in [3.63, 3.8) is 0 Å². The van der Waals surface area contributed by atoms with Gasteiger partial charge in [0.15, 0.2) is 14.4 Å². The zero-order valence-electron chi connectivity index (χ0n) is 17.9. The number of likely N-dealkylation sites (tertiary alicyclic amines) is 1. The van der Waals surface area contributed by atoms with Crippen molar-refractivity contribution in [3.05, 3.63) is 33.8 Å². The summed E-state index contributed by atoms with van der Waals surface area (Å²) in [7, 11) is -2.17. The highest BCUT2D eigenvalue weighted by Crippen LogP contribution is 2.39. The molecule has 29 heavy (non-hydrogen) atoms. The fourth-order valence-corrected chi connectivity index (χ4v) is 4.87. The first-order valence-corrected chi connectivity index (χ1v) is 13.0. The molecule has 0 spiro atoms. The third-order valence-corrected chi connectivity index (χ3v) is 11.1. The predicted octanol–water partition coefficient (Wildman–Crippen LogP) is 4.14. The molecule has 2 atom stereocenters. The Balaban J connectivity index is 2.22. The fourth-order valence-electron chi connectivity index (χ4n) is 3.28. The number of carboxylic acids is 1. The van der Waals surface area contributed by atoms with E-state index in [0.29, 0.717) is 34.7 Å². The largest absolute Gasteiger partial charge is 0.480 e. The van der Waals surface area contributed by atoms with Crippen molar-refractivity contribution in [3.8, 4) is 6.07 Å². The number of amides is 1. The molecule has 0 saturated carbocycles. The van der Waals surface area contributed by atoms with Crippen LogP contribution >= 0.6 is 11.6 Å². The Labute approximate surface area is 178 Å². The summed E-state index contributed by atoms with van der Waals surface area (Å²) >= 11 is 6.20. The van der Waals surface area contributed by atoms with Crippen molar-refractivity contribution in [2.24, 2.45) is 0 Å². The summed E-state index contributed by atoms with van der Waals surface area (Å²) in [5, 5.41) is 19.2. The van der Waals surface area contributed by atoms with Crippen LogP contribution in [0.3, 0.4) is 0 Å². The number of carboxylic acid groups (broad SMARTS) is 1. The second-order valence-electron chi connectivity index (χ2n) is 9.08. The monoisotopic (exact) mass is 436 g/mol. The summed E-state index contributed by atoms with van der Waals surface area (Å²) in [6.07, 6.45) is 0.0268. The van der Waals surface area contributed by atoms with Crippen LogP contribution in [0, 0.1) is 18.3 Å². The zero-order chi connectivity index (χ0) is 22.1. The molecular weight excluding hydrogens is 408 g/mol. The lowest BCUT2D eigenvalue weighted by Gasteiger charge is -2.39. The van der Waals surface area contributed by atoms with Crippen molar-refractivity contribution in [2.75, 3.05) is 6.54 Å². The standard InChI is InChI=1S/C21H29ClN2O4Si/c1-13-14(7-8-15(12-23)18(13)22)11-17(25)24-10-9-16(19(24)20(26)27)28-29(5,6)21(2,3)4/h7-8,16,19H,9-11H2,1-6H3,(H,26,27). The van der Waals surface area contributed by atoms with Crippen LogP contribution in [0.4, 0.5) is 0 Å².